The Balaban J connectivity index is 2.12. The van der Waals surface area contributed by atoms with Crippen LogP contribution in [0, 0.1) is 20.8 Å². The van der Waals surface area contributed by atoms with E-state index in [0.717, 1.165) is 33.4 Å². The summed E-state index contributed by atoms with van der Waals surface area (Å²) in [5.41, 5.74) is 4.30. The van der Waals surface area contributed by atoms with Crippen LogP contribution in [0.1, 0.15) is 32.9 Å². The highest BCUT2D eigenvalue weighted by molar-refractivity contribution is 7.98. The third-order valence-electron chi connectivity index (χ3n) is 2.91. The molecule has 0 bridgehead atoms. The van der Waals surface area contributed by atoms with E-state index in [2.05, 4.69) is 9.97 Å². The smallest absolute Gasteiger partial charge is 0.335 e. The molecule has 0 aliphatic heterocycles. The van der Waals surface area contributed by atoms with Crippen molar-refractivity contribution in [3.63, 3.8) is 0 Å². The number of aromatic carboxylic acids is 1. The number of rotatable bonds is 4. The van der Waals surface area contributed by atoms with Crippen LogP contribution in [-0.4, -0.2) is 21.0 Å². The molecule has 1 N–H and O–H groups in total. The van der Waals surface area contributed by atoms with Crippen molar-refractivity contribution in [1.82, 2.24) is 9.97 Å². The minimum Gasteiger partial charge on any atom is -0.478 e. The van der Waals surface area contributed by atoms with Gasteiger partial charge in [-0.15, -0.1) is 0 Å². The van der Waals surface area contributed by atoms with Gasteiger partial charge in [-0.1, -0.05) is 17.8 Å². The molecule has 0 fully saturated rings. The first kappa shape index (κ1) is 14.5. The highest BCUT2D eigenvalue weighted by Gasteiger charge is 2.07. The molecule has 2 aromatic rings. The summed E-state index contributed by atoms with van der Waals surface area (Å²) in [6.45, 7) is 5.82. The van der Waals surface area contributed by atoms with E-state index < -0.39 is 5.97 Å². The summed E-state index contributed by atoms with van der Waals surface area (Å²) in [6.07, 6.45) is 0. The lowest BCUT2D eigenvalue weighted by atomic mass is 10.1. The zero-order chi connectivity index (χ0) is 14.7. The molecule has 104 valence electrons. The van der Waals surface area contributed by atoms with Gasteiger partial charge in [0.05, 0.1) is 5.56 Å². The van der Waals surface area contributed by atoms with Crippen LogP contribution in [0.4, 0.5) is 0 Å². The normalized spacial score (nSPS) is 10.6. The standard InChI is InChI=1S/C15H16N2O2S/c1-9-6-12(14(18)19)4-5-13(9)8-20-15-16-10(2)7-11(3)17-15/h4-7H,8H2,1-3H3,(H,18,19). The van der Waals surface area contributed by atoms with Gasteiger partial charge >= 0.3 is 5.97 Å². The third kappa shape index (κ3) is 3.57. The Morgan fingerprint density at radius 1 is 1.15 bits per heavy atom. The van der Waals surface area contributed by atoms with Gasteiger partial charge in [0, 0.05) is 17.1 Å². The molecule has 0 aliphatic rings. The summed E-state index contributed by atoms with van der Waals surface area (Å²) in [5, 5.41) is 9.70. The highest BCUT2D eigenvalue weighted by atomic mass is 32.2. The van der Waals surface area contributed by atoms with E-state index in [-0.39, 0.29) is 0 Å². The minimum absolute atomic E-state index is 0.318. The number of thioether (sulfide) groups is 1. The van der Waals surface area contributed by atoms with Crippen LogP contribution in [0.15, 0.2) is 29.4 Å². The van der Waals surface area contributed by atoms with Gasteiger partial charge in [-0.2, -0.15) is 0 Å². The maximum Gasteiger partial charge on any atom is 0.335 e. The topological polar surface area (TPSA) is 63.1 Å². The van der Waals surface area contributed by atoms with Crippen LogP contribution in [0.5, 0.6) is 0 Å². The van der Waals surface area contributed by atoms with Crippen LogP contribution in [0.25, 0.3) is 0 Å². The van der Waals surface area contributed by atoms with E-state index in [1.54, 1.807) is 23.9 Å². The lowest BCUT2D eigenvalue weighted by Gasteiger charge is -2.07. The van der Waals surface area contributed by atoms with Crippen LogP contribution < -0.4 is 0 Å². The van der Waals surface area contributed by atoms with Gasteiger partial charge in [-0.3, -0.25) is 0 Å². The maximum absolute atomic E-state index is 10.9. The number of aryl methyl sites for hydroxylation is 3. The van der Waals surface area contributed by atoms with Crippen LogP contribution in [0.2, 0.25) is 0 Å². The first-order chi connectivity index (χ1) is 9.45. The van der Waals surface area contributed by atoms with Gasteiger partial charge in [-0.25, -0.2) is 14.8 Å². The second-order valence-corrected chi connectivity index (χ2v) is 5.61. The zero-order valence-corrected chi connectivity index (χ0v) is 12.5. The predicted molar refractivity (Wildman–Crippen MR) is 79.2 cm³/mol. The Bertz CT molecular complexity index is 636. The van der Waals surface area contributed by atoms with Crippen LogP contribution >= 0.6 is 11.8 Å². The summed E-state index contributed by atoms with van der Waals surface area (Å²) in [6, 6.07) is 7.12. The van der Waals surface area contributed by atoms with Crippen LogP contribution in [-0.2, 0) is 5.75 Å². The number of carboxylic acids is 1. The number of nitrogens with zero attached hydrogens (tertiary/aromatic N) is 2. The zero-order valence-electron chi connectivity index (χ0n) is 11.7. The first-order valence-electron chi connectivity index (χ1n) is 6.23. The van der Waals surface area contributed by atoms with Crippen molar-refractivity contribution in [2.24, 2.45) is 0 Å². The molecule has 0 aliphatic carbocycles. The van der Waals surface area contributed by atoms with Crippen molar-refractivity contribution in [3.8, 4) is 0 Å². The minimum atomic E-state index is -0.898. The van der Waals surface area contributed by atoms with E-state index in [0.29, 0.717) is 5.56 Å². The number of hydrogen-bond acceptors (Lipinski definition) is 4. The SMILES string of the molecule is Cc1cc(C)nc(SCc2ccc(C(=O)O)cc2C)n1. The summed E-state index contributed by atoms with van der Waals surface area (Å²) < 4.78 is 0. The molecule has 1 aromatic carbocycles. The molecule has 0 saturated heterocycles. The van der Waals surface area contributed by atoms with Crippen molar-refractivity contribution in [2.45, 2.75) is 31.7 Å². The van der Waals surface area contributed by atoms with E-state index in [4.69, 9.17) is 5.11 Å². The molecule has 1 aromatic heterocycles. The van der Waals surface area contributed by atoms with Crippen molar-refractivity contribution in [3.05, 3.63) is 52.3 Å². The van der Waals surface area contributed by atoms with Crippen molar-refractivity contribution in [2.75, 3.05) is 0 Å². The van der Waals surface area contributed by atoms with E-state index in [1.807, 2.05) is 32.9 Å². The Morgan fingerprint density at radius 3 is 2.35 bits per heavy atom. The predicted octanol–water partition coefficient (Wildman–Crippen LogP) is 3.39. The van der Waals surface area contributed by atoms with Crippen molar-refractivity contribution in [1.29, 1.82) is 0 Å². The summed E-state index contributed by atoms with van der Waals surface area (Å²) in [7, 11) is 0. The first-order valence-corrected chi connectivity index (χ1v) is 7.22. The molecule has 0 atom stereocenters. The lowest BCUT2D eigenvalue weighted by molar-refractivity contribution is 0.0697. The van der Waals surface area contributed by atoms with E-state index in [1.165, 1.54) is 0 Å². The molecular formula is C15H16N2O2S. The van der Waals surface area contributed by atoms with E-state index in [9.17, 15) is 4.79 Å². The maximum atomic E-state index is 10.9. The molecule has 4 nitrogen and oxygen atoms in total. The van der Waals surface area contributed by atoms with Gasteiger partial charge in [0.1, 0.15) is 0 Å². The second kappa shape index (κ2) is 6.05. The van der Waals surface area contributed by atoms with E-state index >= 15 is 0 Å². The quantitative estimate of drug-likeness (QED) is 0.690. The second-order valence-electron chi connectivity index (χ2n) is 4.67. The number of carboxylic acid groups (broad SMARTS) is 1. The number of benzene rings is 1. The average molecular weight is 288 g/mol. The monoisotopic (exact) mass is 288 g/mol. The lowest BCUT2D eigenvalue weighted by Crippen LogP contribution is -1.98. The summed E-state index contributed by atoms with van der Waals surface area (Å²) >= 11 is 1.56. The summed E-state index contributed by atoms with van der Waals surface area (Å²) in [4.78, 5) is 19.7. The van der Waals surface area contributed by atoms with Gasteiger partial charge in [0.2, 0.25) is 0 Å². The highest BCUT2D eigenvalue weighted by Crippen LogP contribution is 2.22. The fourth-order valence-corrected chi connectivity index (χ4v) is 2.92. The molecule has 2 rings (SSSR count). The van der Waals surface area contributed by atoms with Crippen molar-refractivity contribution >= 4 is 17.7 Å². The molecule has 0 amide bonds. The van der Waals surface area contributed by atoms with Gasteiger partial charge < -0.3 is 5.11 Å². The molecule has 0 spiro atoms. The van der Waals surface area contributed by atoms with Gasteiger partial charge in [0.15, 0.2) is 5.16 Å². The van der Waals surface area contributed by atoms with Crippen molar-refractivity contribution < 1.29 is 9.90 Å². The molecule has 1 heterocycles. The largest absolute Gasteiger partial charge is 0.478 e. The van der Waals surface area contributed by atoms with Gasteiger partial charge in [0.25, 0.3) is 0 Å². The van der Waals surface area contributed by atoms with Gasteiger partial charge in [-0.05, 0) is 50.1 Å². The molecular weight excluding hydrogens is 272 g/mol. The fourth-order valence-electron chi connectivity index (χ4n) is 1.89. The molecule has 0 radical (unpaired) electrons. The molecule has 5 heteroatoms. The molecule has 0 saturated carbocycles. The Labute approximate surface area is 122 Å². The third-order valence-corrected chi connectivity index (χ3v) is 3.80. The van der Waals surface area contributed by atoms with Crippen LogP contribution in [0.3, 0.4) is 0 Å². The molecule has 20 heavy (non-hydrogen) atoms. The molecule has 0 unspecified atom stereocenters. The number of aromatic nitrogens is 2. The number of carbonyl (C=O) groups is 1. The average Bonchev–Trinajstić information content (AvgIpc) is 2.36. The Kier molecular flexibility index (Phi) is 4.39. The fraction of sp³-hybridized carbons (Fsp3) is 0.267. The summed E-state index contributed by atoms with van der Waals surface area (Å²) in [5.74, 6) is -0.167. The Morgan fingerprint density at radius 2 is 1.80 bits per heavy atom. The number of hydrogen-bond donors (Lipinski definition) is 1. The Hall–Kier alpha value is -1.88.